The summed E-state index contributed by atoms with van der Waals surface area (Å²) in [4.78, 5) is 3.80. The second-order valence-electron chi connectivity index (χ2n) is 4.60. The number of halogens is 1. The maximum atomic E-state index is 12.2. The van der Waals surface area contributed by atoms with Gasteiger partial charge in [0.2, 0.25) is 10.0 Å². The Balaban J connectivity index is 2.16. The van der Waals surface area contributed by atoms with Gasteiger partial charge in [-0.1, -0.05) is 0 Å². The zero-order valence-corrected chi connectivity index (χ0v) is 12.9. The van der Waals surface area contributed by atoms with Crippen molar-refractivity contribution in [3.8, 4) is 0 Å². The molecule has 2 rings (SSSR count). The maximum absolute atomic E-state index is 12.2. The molecule has 0 amide bonds. The summed E-state index contributed by atoms with van der Waals surface area (Å²) in [5.74, 6) is -0.0178. The Morgan fingerprint density at radius 2 is 2.26 bits per heavy atom. The third-order valence-corrected chi connectivity index (χ3v) is 5.28. The molecule has 8 heteroatoms. The van der Waals surface area contributed by atoms with E-state index in [1.54, 1.807) is 7.11 Å². The van der Waals surface area contributed by atoms with Gasteiger partial charge in [0.25, 0.3) is 0 Å². The van der Waals surface area contributed by atoms with E-state index in [4.69, 9.17) is 10.5 Å². The molecule has 0 aliphatic heterocycles. The predicted octanol–water partition coefficient (Wildman–Crippen LogP) is 1.27. The predicted molar refractivity (Wildman–Crippen MR) is 75.1 cm³/mol. The number of anilines is 1. The lowest BCUT2D eigenvalue weighted by atomic mass is 9.80. The van der Waals surface area contributed by atoms with Crippen LogP contribution in [-0.4, -0.2) is 32.7 Å². The third-order valence-electron chi connectivity index (χ3n) is 3.42. The van der Waals surface area contributed by atoms with Gasteiger partial charge in [0.15, 0.2) is 0 Å². The monoisotopic (exact) mass is 349 g/mol. The summed E-state index contributed by atoms with van der Waals surface area (Å²) in [5, 5.41) is 0. The van der Waals surface area contributed by atoms with Gasteiger partial charge in [0.05, 0.1) is 5.60 Å². The first-order chi connectivity index (χ1) is 8.88. The van der Waals surface area contributed by atoms with Crippen LogP contribution in [0.2, 0.25) is 0 Å². The SMILES string of the molecule is COC1(CNS(=O)(=O)c2cc(Br)cnc2N)CCC1. The van der Waals surface area contributed by atoms with Crippen LogP contribution in [-0.2, 0) is 14.8 Å². The maximum Gasteiger partial charge on any atom is 0.244 e. The number of sulfonamides is 1. The van der Waals surface area contributed by atoms with Crippen molar-refractivity contribution in [2.24, 2.45) is 0 Å². The minimum atomic E-state index is -3.68. The highest BCUT2D eigenvalue weighted by Crippen LogP contribution is 2.34. The van der Waals surface area contributed by atoms with Gasteiger partial charge >= 0.3 is 0 Å². The van der Waals surface area contributed by atoms with Gasteiger partial charge in [0.1, 0.15) is 10.7 Å². The number of hydrogen-bond acceptors (Lipinski definition) is 5. The van der Waals surface area contributed by atoms with Crippen LogP contribution >= 0.6 is 15.9 Å². The fraction of sp³-hybridized carbons (Fsp3) is 0.545. The molecule has 1 heterocycles. The van der Waals surface area contributed by atoms with Crippen molar-refractivity contribution in [1.82, 2.24) is 9.71 Å². The largest absolute Gasteiger partial charge is 0.383 e. The number of hydrogen-bond donors (Lipinski definition) is 2. The van der Waals surface area contributed by atoms with Crippen molar-refractivity contribution >= 4 is 31.8 Å². The number of nitrogens with one attached hydrogen (secondary N) is 1. The first-order valence-corrected chi connectivity index (χ1v) is 8.12. The van der Waals surface area contributed by atoms with Gasteiger partial charge in [-0.3, -0.25) is 0 Å². The molecule has 0 unspecified atom stereocenters. The quantitative estimate of drug-likeness (QED) is 0.834. The highest BCUT2D eigenvalue weighted by atomic mass is 79.9. The number of aromatic nitrogens is 1. The Bertz CT molecular complexity index is 567. The molecule has 0 radical (unpaired) electrons. The zero-order chi connectivity index (χ0) is 14.1. The molecule has 1 aliphatic carbocycles. The molecule has 0 spiro atoms. The molecule has 1 fully saturated rings. The molecule has 19 heavy (non-hydrogen) atoms. The minimum absolute atomic E-state index is 0.0178. The molecule has 1 aromatic rings. The van der Waals surface area contributed by atoms with E-state index in [1.807, 2.05) is 0 Å². The second-order valence-corrected chi connectivity index (χ2v) is 7.25. The van der Waals surface area contributed by atoms with Crippen molar-refractivity contribution in [2.45, 2.75) is 29.8 Å². The lowest BCUT2D eigenvalue weighted by Gasteiger charge is -2.40. The molecule has 1 aromatic heterocycles. The molecule has 0 saturated heterocycles. The van der Waals surface area contributed by atoms with E-state index >= 15 is 0 Å². The van der Waals surface area contributed by atoms with Gasteiger partial charge in [-0.25, -0.2) is 18.1 Å². The summed E-state index contributed by atoms with van der Waals surface area (Å²) >= 11 is 3.18. The molecule has 3 N–H and O–H groups in total. The van der Waals surface area contributed by atoms with Crippen LogP contribution in [0.3, 0.4) is 0 Å². The number of nitrogen functional groups attached to an aromatic ring is 1. The Kier molecular flexibility index (Phi) is 4.14. The summed E-state index contributed by atoms with van der Waals surface area (Å²) in [6.45, 7) is 0.248. The van der Waals surface area contributed by atoms with E-state index in [9.17, 15) is 8.42 Å². The van der Waals surface area contributed by atoms with E-state index in [0.29, 0.717) is 4.47 Å². The van der Waals surface area contributed by atoms with E-state index in [0.717, 1.165) is 19.3 Å². The van der Waals surface area contributed by atoms with Crippen molar-refractivity contribution < 1.29 is 13.2 Å². The molecule has 6 nitrogen and oxygen atoms in total. The van der Waals surface area contributed by atoms with E-state index < -0.39 is 10.0 Å². The van der Waals surface area contributed by atoms with Crippen LogP contribution in [0.1, 0.15) is 19.3 Å². The van der Waals surface area contributed by atoms with E-state index in [-0.39, 0.29) is 22.9 Å². The lowest BCUT2D eigenvalue weighted by molar-refractivity contribution is -0.0659. The van der Waals surface area contributed by atoms with Crippen LogP contribution in [0.25, 0.3) is 0 Å². The van der Waals surface area contributed by atoms with Gasteiger partial charge in [-0.05, 0) is 41.3 Å². The summed E-state index contributed by atoms with van der Waals surface area (Å²) < 4.78 is 32.9. The summed E-state index contributed by atoms with van der Waals surface area (Å²) in [6.07, 6.45) is 4.23. The van der Waals surface area contributed by atoms with Crippen LogP contribution < -0.4 is 10.5 Å². The third kappa shape index (κ3) is 3.07. The van der Waals surface area contributed by atoms with Gasteiger partial charge in [0, 0.05) is 24.3 Å². The first kappa shape index (κ1) is 14.7. The van der Waals surface area contributed by atoms with Crippen molar-refractivity contribution in [3.63, 3.8) is 0 Å². The summed E-state index contributed by atoms with van der Waals surface area (Å²) in [7, 11) is -2.08. The molecule has 1 saturated carbocycles. The van der Waals surface area contributed by atoms with Gasteiger partial charge in [-0.15, -0.1) is 0 Å². The number of nitrogens with two attached hydrogens (primary N) is 1. The average molecular weight is 350 g/mol. The molecule has 0 aromatic carbocycles. The second kappa shape index (κ2) is 5.35. The summed E-state index contributed by atoms with van der Waals surface area (Å²) in [6, 6.07) is 1.44. The average Bonchev–Trinajstić information content (AvgIpc) is 2.31. The molecule has 1 aliphatic rings. The number of methoxy groups -OCH3 is 1. The highest BCUT2D eigenvalue weighted by molar-refractivity contribution is 9.10. The normalized spacial score (nSPS) is 18.0. The van der Waals surface area contributed by atoms with Crippen molar-refractivity contribution in [3.05, 3.63) is 16.7 Å². The zero-order valence-electron chi connectivity index (χ0n) is 10.5. The Morgan fingerprint density at radius 3 is 2.79 bits per heavy atom. The van der Waals surface area contributed by atoms with E-state index in [1.165, 1.54) is 12.3 Å². The van der Waals surface area contributed by atoms with Gasteiger partial charge in [-0.2, -0.15) is 0 Å². The van der Waals surface area contributed by atoms with Crippen LogP contribution in [0.15, 0.2) is 21.6 Å². The molecule has 106 valence electrons. The lowest BCUT2D eigenvalue weighted by Crippen LogP contribution is -2.49. The molecule has 0 atom stereocenters. The Hall–Kier alpha value is -0.700. The standard InChI is InChI=1S/C11H16BrN3O3S/c1-18-11(3-2-4-11)7-15-19(16,17)9-5-8(12)6-14-10(9)13/h5-6,15H,2-4,7H2,1H3,(H2,13,14). The fourth-order valence-corrected chi connectivity index (χ4v) is 3.68. The Morgan fingerprint density at radius 1 is 1.58 bits per heavy atom. The van der Waals surface area contributed by atoms with Crippen LogP contribution in [0, 0.1) is 0 Å². The van der Waals surface area contributed by atoms with E-state index in [2.05, 4.69) is 25.6 Å². The highest BCUT2D eigenvalue weighted by Gasteiger charge is 2.38. The van der Waals surface area contributed by atoms with Crippen molar-refractivity contribution in [2.75, 3.05) is 19.4 Å². The first-order valence-electron chi connectivity index (χ1n) is 5.84. The number of ether oxygens (including phenoxy) is 1. The number of pyridine rings is 1. The van der Waals surface area contributed by atoms with Crippen LogP contribution in [0.4, 0.5) is 5.82 Å². The topological polar surface area (TPSA) is 94.3 Å². The smallest absolute Gasteiger partial charge is 0.244 e. The minimum Gasteiger partial charge on any atom is -0.383 e. The number of rotatable bonds is 5. The van der Waals surface area contributed by atoms with Gasteiger partial charge < -0.3 is 10.5 Å². The number of nitrogens with zero attached hydrogens (tertiary/aromatic N) is 1. The fourth-order valence-electron chi connectivity index (χ4n) is 1.97. The van der Waals surface area contributed by atoms with Crippen molar-refractivity contribution in [1.29, 1.82) is 0 Å². The molecular weight excluding hydrogens is 334 g/mol. The van der Waals surface area contributed by atoms with Crippen LogP contribution in [0.5, 0.6) is 0 Å². The molecular formula is C11H16BrN3O3S. The Labute approximate surface area is 120 Å². The molecule has 0 bridgehead atoms. The summed E-state index contributed by atoms with van der Waals surface area (Å²) in [5.41, 5.74) is 5.24.